The van der Waals surface area contributed by atoms with Crippen molar-refractivity contribution in [3.63, 3.8) is 0 Å². The third-order valence-corrected chi connectivity index (χ3v) is 2.88. The van der Waals surface area contributed by atoms with E-state index in [1.54, 1.807) is 38.8 Å². The van der Waals surface area contributed by atoms with Gasteiger partial charge in [0.2, 0.25) is 0 Å². The maximum absolute atomic E-state index is 11.7. The van der Waals surface area contributed by atoms with Crippen LogP contribution in [0, 0.1) is 0 Å². The van der Waals surface area contributed by atoms with E-state index < -0.39 is 0 Å². The van der Waals surface area contributed by atoms with Gasteiger partial charge in [0.05, 0.1) is 12.1 Å². The van der Waals surface area contributed by atoms with Gasteiger partial charge in [0, 0.05) is 26.8 Å². The van der Waals surface area contributed by atoms with Gasteiger partial charge in [0.1, 0.15) is 12.1 Å². The summed E-state index contributed by atoms with van der Waals surface area (Å²) in [5, 5.41) is 11.1. The fourth-order valence-corrected chi connectivity index (χ4v) is 1.73. The van der Waals surface area contributed by atoms with Gasteiger partial charge in [-0.2, -0.15) is 0 Å². The van der Waals surface area contributed by atoms with Gasteiger partial charge in [-0.1, -0.05) is 0 Å². The van der Waals surface area contributed by atoms with Crippen LogP contribution in [0.15, 0.2) is 24.7 Å². The molecule has 0 aliphatic heterocycles. The zero-order valence-corrected chi connectivity index (χ0v) is 11.9. The molecule has 2 aromatic heterocycles. The second-order valence-corrected chi connectivity index (χ2v) is 4.52. The molecule has 20 heavy (non-hydrogen) atoms. The Hall–Kier alpha value is -2.44. The Morgan fingerprint density at radius 1 is 1.40 bits per heavy atom. The number of anilines is 1. The molecule has 106 valence electrons. The highest BCUT2D eigenvalue weighted by molar-refractivity contribution is 5.93. The Labute approximate surface area is 117 Å². The van der Waals surface area contributed by atoms with Gasteiger partial charge < -0.3 is 14.8 Å². The average Bonchev–Trinajstić information content (AvgIpc) is 2.92. The molecule has 2 heterocycles. The summed E-state index contributed by atoms with van der Waals surface area (Å²) < 4.78 is 1.96. The molecule has 0 aromatic carbocycles. The zero-order valence-electron chi connectivity index (χ0n) is 11.9. The van der Waals surface area contributed by atoms with E-state index in [0.717, 1.165) is 12.4 Å². The summed E-state index contributed by atoms with van der Waals surface area (Å²) in [6.45, 7) is 3.41. The van der Waals surface area contributed by atoms with Crippen molar-refractivity contribution in [3.05, 3.63) is 36.0 Å². The summed E-state index contributed by atoms with van der Waals surface area (Å²) >= 11 is 0. The lowest BCUT2D eigenvalue weighted by Gasteiger charge is -2.10. The molecule has 2 aromatic rings. The molecule has 1 N–H and O–H groups in total. The van der Waals surface area contributed by atoms with Crippen LogP contribution in [0.3, 0.4) is 0 Å². The van der Waals surface area contributed by atoms with Gasteiger partial charge in [-0.05, 0) is 19.1 Å². The number of aryl methyl sites for hydroxylation is 1. The quantitative estimate of drug-likeness (QED) is 0.880. The Bertz CT molecular complexity index is 575. The first-order chi connectivity index (χ1) is 9.61. The van der Waals surface area contributed by atoms with Crippen LogP contribution in [0.25, 0.3) is 0 Å². The third-order valence-electron chi connectivity index (χ3n) is 2.88. The van der Waals surface area contributed by atoms with Crippen LogP contribution < -0.4 is 5.32 Å². The number of carbonyl (C=O) groups excluding carboxylic acids is 1. The molecule has 7 heteroatoms. The average molecular weight is 274 g/mol. The fourth-order valence-electron chi connectivity index (χ4n) is 1.73. The number of aromatic nitrogens is 4. The molecule has 0 fully saturated rings. The van der Waals surface area contributed by atoms with Gasteiger partial charge in [-0.25, -0.2) is 4.98 Å². The van der Waals surface area contributed by atoms with Crippen LogP contribution in [-0.2, 0) is 13.1 Å². The van der Waals surface area contributed by atoms with Crippen molar-refractivity contribution in [1.82, 2.24) is 24.6 Å². The van der Waals surface area contributed by atoms with Crippen molar-refractivity contribution >= 4 is 11.7 Å². The number of carbonyl (C=O) groups is 1. The van der Waals surface area contributed by atoms with E-state index in [-0.39, 0.29) is 5.91 Å². The van der Waals surface area contributed by atoms with Gasteiger partial charge >= 0.3 is 0 Å². The van der Waals surface area contributed by atoms with Crippen LogP contribution in [0.5, 0.6) is 0 Å². The van der Waals surface area contributed by atoms with Crippen LogP contribution in [0.4, 0.5) is 5.82 Å². The van der Waals surface area contributed by atoms with Crippen molar-refractivity contribution in [3.8, 4) is 0 Å². The molecule has 2 rings (SSSR count). The predicted molar refractivity (Wildman–Crippen MR) is 75.3 cm³/mol. The monoisotopic (exact) mass is 274 g/mol. The van der Waals surface area contributed by atoms with Crippen molar-refractivity contribution in [2.45, 2.75) is 20.0 Å². The predicted octanol–water partition coefficient (Wildman–Crippen LogP) is 1.01. The number of hydrogen-bond donors (Lipinski definition) is 1. The van der Waals surface area contributed by atoms with Crippen LogP contribution >= 0.6 is 0 Å². The first kappa shape index (κ1) is 14.0. The van der Waals surface area contributed by atoms with Crippen molar-refractivity contribution in [2.24, 2.45) is 0 Å². The smallest absolute Gasteiger partial charge is 0.254 e. The van der Waals surface area contributed by atoms with Gasteiger partial charge in [0.25, 0.3) is 5.91 Å². The van der Waals surface area contributed by atoms with Crippen LogP contribution in [-0.4, -0.2) is 44.7 Å². The summed E-state index contributed by atoms with van der Waals surface area (Å²) in [4.78, 5) is 17.5. The van der Waals surface area contributed by atoms with Gasteiger partial charge in [-0.15, -0.1) is 10.2 Å². The second kappa shape index (κ2) is 6.14. The minimum atomic E-state index is -0.0604. The summed E-state index contributed by atoms with van der Waals surface area (Å²) in [5.41, 5.74) is 0.567. The van der Waals surface area contributed by atoms with Gasteiger partial charge in [0.15, 0.2) is 5.82 Å². The summed E-state index contributed by atoms with van der Waals surface area (Å²) in [6, 6.07) is 3.53. The highest BCUT2D eigenvalue weighted by Gasteiger charge is 2.08. The van der Waals surface area contributed by atoms with Crippen LogP contribution in [0.1, 0.15) is 23.1 Å². The lowest BCUT2D eigenvalue weighted by atomic mass is 10.2. The topological polar surface area (TPSA) is 75.9 Å². The Morgan fingerprint density at radius 3 is 2.80 bits per heavy atom. The maximum atomic E-state index is 11.7. The second-order valence-electron chi connectivity index (χ2n) is 4.52. The summed E-state index contributed by atoms with van der Waals surface area (Å²) in [5.74, 6) is 1.49. The highest BCUT2D eigenvalue weighted by Crippen LogP contribution is 2.08. The first-order valence-corrected chi connectivity index (χ1v) is 6.40. The third kappa shape index (κ3) is 3.11. The van der Waals surface area contributed by atoms with E-state index in [4.69, 9.17) is 0 Å². The molecule has 0 aliphatic carbocycles. The number of nitrogens with zero attached hydrogens (tertiary/aromatic N) is 5. The first-order valence-electron chi connectivity index (χ1n) is 6.40. The number of hydrogen-bond acceptors (Lipinski definition) is 5. The molecule has 0 bridgehead atoms. The number of rotatable bonds is 5. The minimum Gasteiger partial charge on any atom is -0.363 e. The van der Waals surface area contributed by atoms with E-state index in [1.807, 2.05) is 11.5 Å². The zero-order chi connectivity index (χ0) is 14.5. The van der Waals surface area contributed by atoms with Crippen molar-refractivity contribution in [2.75, 3.05) is 19.4 Å². The summed E-state index contributed by atoms with van der Waals surface area (Å²) in [6.07, 6.45) is 3.26. The number of nitrogens with one attached hydrogen (secondary N) is 1. The molecule has 0 saturated carbocycles. The maximum Gasteiger partial charge on any atom is 0.254 e. The molecule has 0 aliphatic rings. The van der Waals surface area contributed by atoms with E-state index in [9.17, 15) is 4.79 Å². The minimum absolute atomic E-state index is 0.0604. The highest BCUT2D eigenvalue weighted by atomic mass is 16.2. The van der Waals surface area contributed by atoms with E-state index >= 15 is 0 Å². The molecule has 0 spiro atoms. The van der Waals surface area contributed by atoms with Gasteiger partial charge in [-0.3, -0.25) is 4.79 Å². The largest absolute Gasteiger partial charge is 0.363 e. The SMILES string of the molecule is CCn1cnnc1CNc1ccc(C(=O)N(C)C)cn1. The molecular weight excluding hydrogens is 256 g/mol. The lowest BCUT2D eigenvalue weighted by Crippen LogP contribution is -2.21. The molecule has 0 atom stereocenters. The van der Waals surface area contributed by atoms with Crippen molar-refractivity contribution in [1.29, 1.82) is 0 Å². The Kier molecular flexibility index (Phi) is 4.29. The fraction of sp³-hybridized carbons (Fsp3) is 0.385. The normalized spacial score (nSPS) is 10.3. The van der Waals surface area contributed by atoms with E-state index in [0.29, 0.717) is 17.9 Å². The Balaban J connectivity index is 1.99. The molecular formula is C13H18N6O. The van der Waals surface area contributed by atoms with E-state index in [2.05, 4.69) is 20.5 Å². The standard InChI is InChI=1S/C13H18N6O/c1-4-19-9-16-17-12(19)8-15-11-6-5-10(7-14-11)13(20)18(2)3/h5-7,9H,4,8H2,1-3H3,(H,14,15). The molecule has 1 amide bonds. The summed E-state index contributed by atoms with van der Waals surface area (Å²) in [7, 11) is 3.43. The van der Waals surface area contributed by atoms with Crippen molar-refractivity contribution < 1.29 is 4.79 Å². The lowest BCUT2D eigenvalue weighted by molar-refractivity contribution is 0.0827. The molecule has 7 nitrogen and oxygen atoms in total. The number of pyridine rings is 1. The van der Waals surface area contributed by atoms with Crippen LogP contribution in [0.2, 0.25) is 0 Å². The molecule has 0 unspecified atom stereocenters. The molecule has 0 saturated heterocycles. The Morgan fingerprint density at radius 2 is 2.20 bits per heavy atom. The number of amides is 1. The molecule has 0 radical (unpaired) electrons. The van der Waals surface area contributed by atoms with E-state index in [1.165, 1.54) is 4.90 Å².